The first-order chi connectivity index (χ1) is 20.3. The van der Waals surface area contributed by atoms with Crippen molar-refractivity contribution >= 4 is 17.3 Å². The lowest BCUT2D eigenvalue weighted by Crippen LogP contribution is -2.52. The Hall–Kier alpha value is -3.32. The van der Waals surface area contributed by atoms with Crippen LogP contribution in [0.25, 0.3) is 0 Å². The maximum atomic E-state index is 13.6. The summed E-state index contributed by atoms with van der Waals surface area (Å²) in [5.41, 5.74) is 2.11. The Balaban J connectivity index is 0.000000227. The van der Waals surface area contributed by atoms with Gasteiger partial charge in [-0.05, 0) is 69.6 Å². The molecule has 0 amide bonds. The van der Waals surface area contributed by atoms with E-state index in [-0.39, 0.29) is 11.6 Å². The second kappa shape index (κ2) is 14.7. The van der Waals surface area contributed by atoms with E-state index in [1.807, 2.05) is 62.6 Å². The van der Waals surface area contributed by atoms with Gasteiger partial charge in [-0.15, -0.1) is 0 Å². The predicted octanol–water partition coefficient (Wildman–Crippen LogP) is 6.22. The Labute approximate surface area is 251 Å². The highest BCUT2D eigenvalue weighted by Gasteiger charge is 2.40. The van der Waals surface area contributed by atoms with Crippen LogP contribution in [0.5, 0.6) is 0 Å². The van der Waals surface area contributed by atoms with Crippen molar-refractivity contribution in [2.24, 2.45) is 0 Å². The molecule has 1 saturated heterocycles. The summed E-state index contributed by atoms with van der Waals surface area (Å²) in [6, 6.07) is 27.5. The van der Waals surface area contributed by atoms with Crippen molar-refractivity contribution in [3.05, 3.63) is 102 Å². The minimum absolute atomic E-state index is 0.109. The van der Waals surface area contributed by atoms with Gasteiger partial charge in [0.2, 0.25) is 0 Å². The Morgan fingerprint density at radius 2 is 1.40 bits per heavy atom. The number of benzene rings is 3. The number of ketones is 2. The van der Waals surface area contributed by atoms with Crippen LogP contribution in [0, 0.1) is 0 Å². The van der Waals surface area contributed by atoms with Crippen LogP contribution >= 0.6 is 0 Å². The molecule has 0 spiro atoms. The van der Waals surface area contributed by atoms with Crippen LogP contribution in [0.3, 0.4) is 0 Å². The van der Waals surface area contributed by atoms with E-state index in [9.17, 15) is 14.7 Å². The van der Waals surface area contributed by atoms with E-state index in [2.05, 4.69) is 41.0 Å². The standard InChI is InChI=1S/C23H30N2O2.C13H16O2/c1-4-23(24(2)3,18-19-8-6-5-7-9-19)22(26)20-10-12-21(13-11-20)25-14-16-27-17-15-25;14-12(11-7-3-1-4-8-11)13(15)9-5-2-6-10-13/h5-13H,4,14-18H2,1-3H3;1,3-4,7-8,15H,2,5-6,9-10H2. The number of nitrogens with zero attached hydrogens (tertiary/aromatic N) is 2. The van der Waals surface area contributed by atoms with Gasteiger partial charge in [-0.2, -0.15) is 0 Å². The molecule has 1 N–H and O–H groups in total. The van der Waals surface area contributed by atoms with Gasteiger partial charge in [0.1, 0.15) is 5.60 Å². The molecule has 6 heteroatoms. The van der Waals surface area contributed by atoms with Crippen LogP contribution in [0.2, 0.25) is 0 Å². The van der Waals surface area contributed by atoms with Crippen LogP contribution in [0.1, 0.15) is 71.7 Å². The number of aliphatic hydroxyl groups is 1. The molecule has 1 aliphatic heterocycles. The van der Waals surface area contributed by atoms with Crippen molar-refractivity contribution in [1.29, 1.82) is 0 Å². The fourth-order valence-electron chi connectivity index (χ4n) is 6.11. The highest BCUT2D eigenvalue weighted by atomic mass is 16.5. The summed E-state index contributed by atoms with van der Waals surface area (Å²) in [6.07, 6.45) is 5.73. The molecule has 5 rings (SSSR count). The molecule has 0 radical (unpaired) electrons. The topological polar surface area (TPSA) is 70.1 Å². The third-order valence-corrected chi connectivity index (χ3v) is 8.85. The Morgan fingerprint density at radius 1 is 0.833 bits per heavy atom. The van der Waals surface area contributed by atoms with E-state index < -0.39 is 11.1 Å². The summed E-state index contributed by atoms with van der Waals surface area (Å²) in [6.45, 7) is 5.42. The van der Waals surface area contributed by atoms with Crippen molar-refractivity contribution in [2.45, 2.75) is 63.0 Å². The number of hydrogen-bond acceptors (Lipinski definition) is 6. The van der Waals surface area contributed by atoms with Crippen molar-refractivity contribution in [1.82, 2.24) is 4.90 Å². The van der Waals surface area contributed by atoms with Crippen LogP contribution in [0.4, 0.5) is 5.69 Å². The molecule has 0 aromatic heterocycles. The zero-order chi connectivity index (χ0) is 30.0. The fourth-order valence-corrected chi connectivity index (χ4v) is 6.11. The molecule has 6 nitrogen and oxygen atoms in total. The largest absolute Gasteiger partial charge is 0.382 e. The number of carbonyl (C=O) groups excluding carboxylic acids is 2. The summed E-state index contributed by atoms with van der Waals surface area (Å²) < 4.78 is 5.42. The molecule has 2 fully saturated rings. The smallest absolute Gasteiger partial charge is 0.194 e. The molecule has 1 heterocycles. The zero-order valence-electron chi connectivity index (χ0n) is 25.4. The van der Waals surface area contributed by atoms with Gasteiger partial charge in [0, 0.05) is 29.9 Å². The summed E-state index contributed by atoms with van der Waals surface area (Å²) in [4.78, 5) is 30.0. The van der Waals surface area contributed by atoms with Gasteiger partial charge in [-0.1, -0.05) is 86.8 Å². The summed E-state index contributed by atoms with van der Waals surface area (Å²) in [5.74, 6) is 0.0789. The van der Waals surface area contributed by atoms with Gasteiger partial charge >= 0.3 is 0 Å². The van der Waals surface area contributed by atoms with Gasteiger partial charge in [0.25, 0.3) is 0 Å². The summed E-state index contributed by atoms with van der Waals surface area (Å²) >= 11 is 0. The molecule has 2 aliphatic rings. The van der Waals surface area contributed by atoms with Crippen molar-refractivity contribution in [3.8, 4) is 0 Å². The monoisotopic (exact) mass is 570 g/mol. The fraction of sp³-hybridized carbons (Fsp3) is 0.444. The quantitative estimate of drug-likeness (QED) is 0.308. The van der Waals surface area contributed by atoms with Gasteiger partial charge in [0.05, 0.1) is 18.8 Å². The number of morpholine rings is 1. The number of anilines is 1. The highest BCUT2D eigenvalue weighted by Crippen LogP contribution is 2.31. The molecule has 3 aromatic carbocycles. The molecule has 0 bridgehead atoms. The first-order valence-electron chi connectivity index (χ1n) is 15.3. The van der Waals surface area contributed by atoms with Gasteiger partial charge < -0.3 is 14.7 Å². The predicted molar refractivity (Wildman–Crippen MR) is 169 cm³/mol. The third kappa shape index (κ3) is 7.54. The van der Waals surface area contributed by atoms with Crippen molar-refractivity contribution < 1.29 is 19.4 Å². The molecule has 1 saturated carbocycles. The first-order valence-corrected chi connectivity index (χ1v) is 15.3. The van der Waals surface area contributed by atoms with Gasteiger partial charge in [-0.25, -0.2) is 0 Å². The molecular formula is C36H46N2O4. The summed E-state index contributed by atoms with van der Waals surface area (Å²) in [7, 11) is 4.01. The molecular weight excluding hydrogens is 524 g/mol. The Morgan fingerprint density at radius 3 is 1.95 bits per heavy atom. The van der Waals surface area contributed by atoms with E-state index in [0.29, 0.717) is 24.8 Å². The molecule has 1 aliphatic carbocycles. The van der Waals surface area contributed by atoms with Crippen LogP contribution in [-0.2, 0) is 11.2 Å². The molecule has 42 heavy (non-hydrogen) atoms. The number of Topliss-reactive ketones (excluding diaryl/α,β-unsaturated/α-hetero) is 2. The first kappa shape index (κ1) is 31.6. The van der Waals surface area contributed by atoms with E-state index in [1.165, 1.54) is 5.56 Å². The second-order valence-corrected chi connectivity index (χ2v) is 11.7. The third-order valence-electron chi connectivity index (χ3n) is 8.85. The van der Waals surface area contributed by atoms with Gasteiger partial charge in [-0.3, -0.25) is 14.5 Å². The SMILES string of the molecule is CCC(Cc1ccccc1)(C(=O)c1ccc(N2CCOCC2)cc1)N(C)C.O=C(c1ccccc1)C1(O)CCCCC1. The number of likely N-dealkylation sites (N-methyl/N-ethyl adjacent to an activating group) is 1. The zero-order valence-corrected chi connectivity index (χ0v) is 25.4. The number of carbonyl (C=O) groups is 2. The maximum Gasteiger partial charge on any atom is 0.194 e. The summed E-state index contributed by atoms with van der Waals surface area (Å²) in [5, 5.41) is 10.2. The lowest BCUT2D eigenvalue weighted by atomic mass is 9.79. The van der Waals surface area contributed by atoms with E-state index in [1.54, 1.807) is 12.1 Å². The number of hydrogen-bond donors (Lipinski definition) is 1. The average molecular weight is 571 g/mol. The van der Waals surface area contributed by atoms with Crippen LogP contribution in [0.15, 0.2) is 84.9 Å². The molecule has 1 unspecified atom stereocenters. The number of rotatable bonds is 9. The normalized spacial score (nSPS) is 18.0. The second-order valence-electron chi connectivity index (χ2n) is 11.7. The van der Waals surface area contributed by atoms with Crippen molar-refractivity contribution in [2.75, 3.05) is 45.3 Å². The molecule has 1 atom stereocenters. The van der Waals surface area contributed by atoms with E-state index in [4.69, 9.17) is 4.74 Å². The van der Waals surface area contributed by atoms with E-state index >= 15 is 0 Å². The molecule has 224 valence electrons. The maximum absolute atomic E-state index is 13.6. The number of ether oxygens (including phenoxy) is 1. The Kier molecular flexibility index (Phi) is 11.1. The minimum atomic E-state index is -1.10. The Bertz CT molecular complexity index is 1260. The minimum Gasteiger partial charge on any atom is -0.382 e. The van der Waals surface area contributed by atoms with Crippen LogP contribution in [-0.4, -0.2) is 73.1 Å². The molecule has 3 aromatic rings. The lowest BCUT2D eigenvalue weighted by Gasteiger charge is -2.38. The van der Waals surface area contributed by atoms with Gasteiger partial charge in [0.15, 0.2) is 11.6 Å². The van der Waals surface area contributed by atoms with Crippen molar-refractivity contribution in [3.63, 3.8) is 0 Å². The highest BCUT2D eigenvalue weighted by molar-refractivity contribution is 6.04. The average Bonchev–Trinajstić information content (AvgIpc) is 3.05. The van der Waals surface area contributed by atoms with E-state index in [0.717, 1.165) is 63.2 Å². The lowest BCUT2D eigenvalue weighted by molar-refractivity contribution is 0.0116. The van der Waals surface area contributed by atoms with Crippen LogP contribution < -0.4 is 4.90 Å².